The van der Waals surface area contributed by atoms with Gasteiger partial charge in [0.25, 0.3) is 0 Å². The van der Waals surface area contributed by atoms with E-state index < -0.39 is 0 Å². The summed E-state index contributed by atoms with van der Waals surface area (Å²) in [6.45, 7) is 0. The number of rotatable bonds is 0. The minimum absolute atomic E-state index is 0.953. The van der Waals surface area contributed by atoms with Crippen molar-refractivity contribution in [1.82, 2.24) is 19.4 Å². The van der Waals surface area contributed by atoms with Gasteiger partial charge in [-0.05, 0) is 99.1 Å². The fraction of sp³-hybridized carbons (Fsp3) is 0.0645. The van der Waals surface area contributed by atoms with Gasteiger partial charge in [0.2, 0.25) is 0 Å². The molecule has 0 aliphatic heterocycles. The number of aromatic nitrogens is 4. The Morgan fingerprint density at radius 3 is 2.20 bits per heavy atom. The lowest BCUT2D eigenvalue weighted by atomic mass is 9.96. The molecular formula is C31H18N4. The predicted octanol–water partition coefficient (Wildman–Crippen LogP) is 6.73. The summed E-state index contributed by atoms with van der Waals surface area (Å²) in [4.78, 5) is 13.9. The topological polar surface area (TPSA) is 43.1 Å². The van der Waals surface area contributed by atoms with Crippen LogP contribution in [-0.2, 0) is 12.8 Å². The number of fused-ring (bicyclic) bond motifs is 14. The Labute approximate surface area is 200 Å². The summed E-state index contributed by atoms with van der Waals surface area (Å²) >= 11 is 0. The van der Waals surface area contributed by atoms with Crippen molar-refractivity contribution < 1.29 is 0 Å². The zero-order chi connectivity index (χ0) is 22.7. The molecule has 2 aliphatic rings. The van der Waals surface area contributed by atoms with Gasteiger partial charge in [-0.25, -0.2) is 4.98 Å². The second-order valence-corrected chi connectivity index (χ2v) is 9.76. The molecule has 7 aromatic rings. The van der Waals surface area contributed by atoms with Gasteiger partial charge in [-0.15, -0.1) is 0 Å². The molecule has 0 N–H and O–H groups in total. The lowest BCUT2D eigenvalue weighted by Gasteiger charge is -2.11. The largest absolute Gasteiger partial charge is 0.289 e. The van der Waals surface area contributed by atoms with Gasteiger partial charge in [0.1, 0.15) is 5.65 Å². The van der Waals surface area contributed by atoms with Crippen LogP contribution in [0.15, 0.2) is 85.5 Å². The zero-order valence-electron chi connectivity index (χ0n) is 18.8. The summed E-state index contributed by atoms with van der Waals surface area (Å²) in [5, 5.41) is 3.61. The Hall–Kier alpha value is -4.57. The van der Waals surface area contributed by atoms with E-state index in [0.29, 0.717) is 0 Å². The smallest absolute Gasteiger partial charge is 0.146 e. The summed E-state index contributed by atoms with van der Waals surface area (Å²) in [6, 6.07) is 22.6. The molecule has 162 valence electrons. The number of hydrogen-bond donors (Lipinski definition) is 0. The first-order chi connectivity index (χ1) is 17.3. The highest BCUT2D eigenvalue weighted by molar-refractivity contribution is 6.15. The van der Waals surface area contributed by atoms with Crippen LogP contribution >= 0.6 is 0 Å². The Balaban J connectivity index is 1.37. The SMILES string of the molecule is c1ccc2c(c1)Cc1cc3c(cc1-2)Cc1cc2c4ccncc4n4c5cnccc5nc4c2cc1-3. The van der Waals surface area contributed by atoms with E-state index in [9.17, 15) is 0 Å². The van der Waals surface area contributed by atoms with Gasteiger partial charge < -0.3 is 0 Å². The predicted molar refractivity (Wildman–Crippen MR) is 140 cm³/mol. The van der Waals surface area contributed by atoms with Crippen LogP contribution in [0.1, 0.15) is 22.3 Å². The highest BCUT2D eigenvalue weighted by atomic mass is 15.0. The van der Waals surface area contributed by atoms with Gasteiger partial charge in [0.15, 0.2) is 0 Å². The normalized spacial score (nSPS) is 13.5. The molecule has 0 fully saturated rings. The third kappa shape index (κ3) is 2.20. The standard InChI is InChI=1S/C31H18N4/c1-2-4-21-17(3-1)9-18-12-24-19(11-23(18)21)10-20-13-26-22-5-7-32-15-29(22)35-30-16-33-8-6-28(30)34-31(35)27(26)14-25(20)24/h1-8,11-16H,9-10H2. The van der Waals surface area contributed by atoms with Gasteiger partial charge in [-0.2, -0.15) is 0 Å². The monoisotopic (exact) mass is 446 g/mol. The molecule has 4 heteroatoms. The van der Waals surface area contributed by atoms with Crippen LogP contribution in [0.2, 0.25) is 0 Å². The Kier molecular flexibility index (Phi) is 3.11. The molecule has 4 heterocycles. The highest BCUT2D eigenvalue weighted by Gasteiger charge is 2.26. The van der Waals surface area contributed by atoms with Crippen molar-refractivity contribution in [2.24, 2.45) is 0 Å². The summed E-state index contributed by atoms with van der Waals surface area (Å²) in [7, 11) is 0. The van der Waals surface area contributed by atoms with E-state index in [4.69, 9.17) is 4.98 Å². The second kappa shape index (κ2) is 6.10. The van der Waals surface area contributed by atoms with E-state index >= 15 is 0 Å². The zero-order valence-corrected chi connectivity index (χ0v) is 18.8. The lowest BCUT2D eigenvalue weighted by Crippen LogP contribution is -1.93. The van der Waals surface area contributed by atoms with Gasteiger partial charge in [-0.1, -0.05) is 24.3 Å². The molecule has 0 spiro atoms. The molecule has 3 aromatic carbocycles. The van der Waals surface area contributed by atoms with Crippen molar-refractivity contribution in [2.45, 2.75) is 12.8 Å². The first-order valence-electron chi connectivity index (χ1n) is 12.0. The Bertz CT molecular complexity index is 2070. The molecule has 4 aromatic heterocycles. The molecular weight excluding hydrogens is 428 g/mol. The Morgan fingerprint density at radius 1 is 0.571 bits per heavy atom. The minimum atomic E-state index is 0.953. The van der Waals surface area contributed by atoms with Crippen LogP contribution in [0.5, 0.6) is 0 Å². The van der Waals surface area contributed by atoms with E-state index in [2.05, 4.69) is 69.0 Å². The molecule has 2 aliphatic carbocycles. The van der Waals surface area contributed by atoms with E-state index in [0.717, 1.165) is 35.0 Å². The number of imidazole rings is 1. The molecule has 35 heavy (non-hydrogen) atoms. The summed E-state index contributed by atoms with van der Waals surface area (Å²) in [5.41, 5.74) is 15.2. The van der Waals surface area contributed by atoms with E-state index in [1.165, 1.54) is 60.7 Å². The maximum absolute atomic E-state index is 5.06. The highest BCUT2D eigenvalue weighted by Crippen LogP contribution is 2.46. The third-order valence-corrected chi connectivity index (χ3v) is 7.96. The molecule has 0 bridgehead atoms. The van der Waals surface area contributed by atoms with Gasteiger partial charge in [0, 0.05) is 23.2 Å². The van der Waals surface area contributed by atoms with Crippen LogP contribution in [0.4, 0.5) is 0 Å². The first-order valence-corrected chi connectivity index (χ1v) is 12.0. The van der Waals surface area contributed by atoms with Crippen molar-refractivity contribution in [3.8, 4) is 22.3 Å². The molecule has 0 radical (unpaired) electrons. The van der Waals surface area contributed by atoms with Crippen molar-refractivity contribution >= 4 is 38.4 Å². The van der Waals surface area contributed by atoms with Gasteiger partial charge >= 0.3 is 0 Å². The van der Waals surface area contributed by atoms with Crippen molar-refractivity contribution in [3.63, 3.8) is 0 Å². The van der Waals surface area contributed by atoms with Gasteiger partial charge in [0.05, 0.1) is 28.9 Å². The summed E-state index contributed by atoms with van der Waals surface area (Å²) in [6.07, 6.45) is 9.52. The lowest BCUT2D eigenvalue weighted by molar-refractivity contribution is 1.24. The number of nitrogens with zero attached hydrogens (tertiary/aromatic N) is 4. The fourth-order valence-electron chi connectivity index (χ4n) is 6.42. The third-order valence-electron chi connectivity index (χ3n) is 7.96. The quantitative estimate of drug-likeness (QED) is 0.243. The fourth-order valence-corrected chi connectivity index (χ4v) is 6.42. The maximum Gasteiger partial charge on any atom is 0.146 e. The average molecular weight is 447 g/mol. The summed E-state index contributed by atoms with van der Waals surface area (Å²) < 4.78 is 2.22. The number of pyridine rings is 3. The molecule has 0 saturated carbocycles. The van der Waals surface area contributed by atoms with E-state index in [-0.39, 0.29) is 0 Å². The first kappa shape index (κ1) is 17.8. The second-order valence-electron chi connectivity index (χ2n) is 9.76. The number of benzene rings is 3. The van der Waals surface area contributed by atoms with Crippen LogP contribution < -0.4 is 0 Å². The molecule has 0 amide bonds. The number of hydrogen-bond acceptors (Lipinski definition) is 3. The van der Waals surface area contributed by atoms with Gasteiger partial charge in [-0.3, -0.25) is 14.4 Å². The molecule has 9 rings (SSSR count). The Morgan fingerprint density at radius 2 is 1.29 bits per heavy atom. The molecule has 0 saturated heterocycles. The van der Waals surface area contributed by atoms with Crippen LogP contribution in [0, 0.1) is 0 Å². The average Bonchev–Trinajstić information content (AvgIpc) is 3.57. The van der Waals surface area contributed by atoms with Crippen molar-refractivity contribution in [3.05, 3.63) is 108 Å². The van der Waals surface area contributed by atoms with Crippen LogP contribution in [-0.4, -0.2) is 19.4 Å². The van der Waals surface area contributed by atoms with Crippen molar-refractivity contribution in [1.29, 1.82) is 0 Å². The molecule has 4 nitrogen and oxygen atoms in total. The summed E-state index contributed by atoms with van der Waals surface area (Å²) in [5.74, 6) is 0. The van der Waals surface area contributed by atoms with Crippen LogP contribution in [0.25, 0.3) is 60.6 Å². The molecule has 0 atom stereocenters. The van der Waals surface area contributed by atoms with E-state index in [1.54, 1.807) is 0 Å². The maximum atomic E-state index is 5.06. The minimum Gasteiger partial charge on any atom is -0.289 e. The van der Waals surface area contributed by atoms with Crippen molar-refractivity contribution in [2.75, 3.05) is 0 Å². The van der Waals surface area contributed by atoms with Crippen LogP contribution in [0.3, 0.4) is 0 Å². The molecule has 0 unspecified atom stereocenters. The van der Waals surface area contributed by atoms with E-state index in [1.807, 2.05) is 30.9 Å².